The molecule has 1 saturated carbocycles. The summed E-state index contributed by atoms with van der Waals surface area (Å²) in [6, 6.07) is 2.38. The monoisotopic (exact) mass is 260 g/mol. The summed E-state index contributed by atoms with van der Waals surface area (Å²) in [7, 11) is 0. The van der Waals surface area contributed by atoms with Gasteiger partial charge in [0.15, 0.2) is 0 Å². The van der Waals surface area contributed by atoms with Crippen LogP contribution in [0.1, 0.15) is 25.0 Å². The molecule has 2 heterocycles. The van der Waals surface area contributed by atoms with Gasteiger partial charge in [-0.05, 0) is 38.2 Å². The first kappa shape index (κ1) is 12.4. The first-order chi connectivity index (χ1) is 9.11. The van der Waals surface area contributed by atoms with Crippen molar-refractivity contribution in [1.82, 2.24) is 9.88 Å². The molecule has 1 amide bonds. The molecule has 0 radical (unpaired) electrons. The summed E-state index contributed by atoms with van der Waals surface area (Å²) in [5.41, 5.74) is 7.86. The van der Waals surface area contributed by atoms with E-state index < -0.39 is 0 Å². The van der Waals surface area contributed by atoms with E-state index in [1.165, 1.54) is 19.3 Å². The molecule has 2 aliphatic rings. The molecule has 1 aliphatic heterocycles. The lowest BCUT2D eigenvalue weighted by molar-refractivity contribution is -0.117. The number of nitrogens with two attached hydrogens (primary N) is 1. The largest absolute Gasteiger partial charge is 0.397 e. The Morgan fingerprint density at radius 3 is 3.05 bits per heavy atom. The minimum atomic E-state index is 0.0256. The Hall–Kier alpha value is -1.62. The number of nitrogens with one attached hydrogen (secondary N) is 1. The van der Waals surface area contributed by atoms with Gasteiger partial charge in [-0.2, -0.15) is 0 Å². The van der Waals surface area contributed by atoms with Gasteiger partial charge in [-0.1, -0.05) is 0 Å². The molecule has 2 bridgehead atoms. The lowest BCUT2D eigenvalue weighted by atomic mass is 10.1. The normalized spacial score (nSPS) is 25.7. The Labute approximate surface area is 113 Å². The van der Waals surface area contributed by atoms with Crippen molar-refractivity contribution >= 4 is 17.3 Å². The number of amides is 1. The molecule has 0 aromatic carbocycles. The smallest absolute Gasteiger partial charge is 0.238 e. The fraction of sp³-hybridized carbons (Fsp3) is 0.571. The van der Waals surface area contributed by atoms with Gasteiger partial charge in [0.1, 0.15) is 0 Å². The molecule has 2 atom stereocenters. The van der Waals surface area contributed by atoms with E-state index in [2.05, 4.69) is 15.2 Å². The summed E-state index contributed by atoms with van der Waals surface area (Å²) in [5.74, 6) is 0.840. The standard InChI is InChI=1S/C14H20N4O/c1-9-13(15)5-11(6-16-9)17-14(19)8-18-7-10-2-3-12(18)4-10/h5-6,10,12H,2-4,7-8,15H2,1H3,(H,17,19)/t10-,12+/m0/s1. The van der Waals surface area contributed by atoms with Gasteiger partial charge in [0.05, 0.1) is 29.8 Å². The zero-order valence-electron chi connectivity index (χ0n) is 11.2. The minimum absolute atomic E-state index is 0.0256. The second-order valence-electron chi connectivity index (χ2n) is 5.71. The highest BCUT2D eigenvalue weighted by Gasteiger charge is 2.38. The lowest BCUT2D eigenvalue weighted by Crippen LogP contribution is -2.38. The van der Waals surface area contributed by atoms with E-state index >= 15 is 0 Å². The number of aryl methyl sites for hydroxylation is 1. The van der Waals surface area contributed by atoms with Crippen LogP contribution in [0.2, 0.25) is 0 Å². The van der Waals surface area contributed by atoms with Crippen molar-refractivity contribution in [3.63, 3.8) is 0 Å². The third-order valence-electron chi connectivity index (χ3n) is 4.28. The molecule has 1 saturated heterocycles. The number of likely N-dealkylation sites (tertiary alicyclic amines) is 1. The molecule has 3 rings (SSSR count). The van der Waals surface area contributed by atoms with Gasteiger partial charge in [0.2, 0.25) is 5.91 Å². The van der Waals surface area contributed by atoms with Crippen molar-refractivity contribution < 1.29 is 4.79 Å². The zero-order chi connectivity index (χ0) is 13.4. The number of piperidine rings is 1. The maximum atomic E-state index is 12.0. The summed E-state index contributed by atoms with van der Waals surface area (Å²) in [5, 5.41) is 2.87. The van der Waals surface area contributed by atoms with Crippen LogP contribution in [0.25, 0.3) is 0 Å². The molecule has 5 nitrogen and oxygen atoms in total. The first-order valence-corrected chi connectivity index (χ1v) is 6.88. The summed E-state index contributed by atoms with van der Waals surface area (Å²) in [4.78, 5) is 18.5. The van der Waals surface area contributed by atoms with Crippen molar-refractivity contribution in [2.24, 2.45) is 5.92 Å². The Morgan fingerprint density at radius 2 is 2.42 bits per heavy atom. The Morgan fingerprint density at radius 1 is 1.58 bits per heavy atom. The van der Waals surface area contributed by atoms with Crippen molar-refractivity contribution in [2.45, 2.75) is 32.2 Å². The number of nitrogens with zero attached hydrogens (tertiary/aromatic N) is 2. The molecule has 0 unspecified atom stereocenters. The number of pyridine rings is 1. The number of nitrogen functional groups attached to an aromatic ring is 1. The van der Waals surface area contributed by atoms with E-state index in [4.69, 9.17) is 5.73 Å². The SMILES string of the molecule is Cc1ncc(NC(=O)CN2C[C@H]3CC[C@@H]2C3)cc1N. The topological polar surface area (TPSA) is 71.2 Å². The molecule has 5 heteroatoms. The molecule has 1 aliphatic carbocycles. The van der Waals surface area contributed by atoms with Gasteiger partial charge >= 0.3 is 0 Å². The molecular formula is C14H20N4O. The molecule has 19 heavy (non-hydrogen) atoms. The minimum Gasteiger partial charge on any atom is -0.397 e. The van der Waals surface area contributed by atoms with E-state index in [9.17, 15) is 4.79 Å². The molecule has 0 spiro atoms. The van der Waals surface area contributed by atoms with Crippen LogP contribution in [-0.2, 0) is 4.79 Å². The van der Waals surface area contributed by atoms with Crippen LogP contribution >= 0.6 is 0 Å². The number of anilines is 2. The summed E-state index contributed by atoms with van der Waals surface area (Å²) in [6.07, 6.45) is 5.50. The van der Waals surface area contributed by atoms with Crippen molar-refractivity contribution in [3.8, 4) is 0 Å². The highest BCUT2D eigenvalue weighted by atomic mass is 16.2. The van der Waals surface area contributed by atoms with Crippen LogP contribution in [0.3, 0.4) is 0 Å². The van der Waals surface area contributed by atoms with Crippen LogP contribution < -0.4 is 11.1 Å². The summed E-state index contributed by atoms with van der Waals surface area (Å²) >= 11 is 0. The van der Waals surface area contributed by atoms with Crippen LogP contribution in [0.15, 0.2) is 12.3 Å². The predicted molar refractivity (Wildman–Crippen MR) is 74.7 cm³/mol. The van der Waals surface area contributed by atoms with E-state index in [-0.39, 0.29) is 5.91 Å². The second kappa shape index (κ2) is 4.81. The number of rotatable bonds is 3. The average molecular weight is 260 g/mol. The van der Waals surface area contributed by atoms with Gasteiger partial charge in [-0.15, -0.1) is 0 Å². The van der Waals surface area contributed by atoms with Gasteiger partial charge in [-0.25, -0.2) is 0 Å². The third-order valence-corrected chi connectivity index (χ3v) is 4.28. The maximum absolute atomic E-state index is 12.0. The second-order valence-corrected chi connectivity index (χ2v) is 5.71. The fourth-order valence-electron chi connectivity index (χ4n) is 3.22. The lowest BCUT2D eigenvalue weighted by Gasteiger charge is -2.25. The highest BCUT2D eigenvalue weighted by Crippen LogP contribution is 2.36. The van der Waals surface area contributed by atoms with Crippen LogP contribution in [-0.4, -0.2) is 34.9 Å². The number of carbonyl (C=O) groups excluding carboxylic acids is 1. The Balaban J connectivity index is 1.57. The molecule has 3 N–H and O–H groups in total. The number of aromatic nitrogens is 1. The van der Waals surface area contributed by atoms with E-state index in [0.717, 1.165) is 18.2 Å². The average Bonchev–Trinajstić information content (AvgIpc) is 2.96. The van der Waals surface area contributed by atoms with Gasteiger partial charge < -0.3 is 11.1 Å². The number of hydrogen-bond donors (Lipinski definition) is 2. The number of fused-ring (bicyclic) bond motifs is 2. The zero-order valence-corrected chi connectivity index (χ0v) is 11.2. The fourth-order valence-corrected chi connectivity index (χ4v) is 3.22. The van der Waals surface area contributed by atoms with Gasteiger partial charge in [0.25, 0.3) is 0 Å². The van der Waals surface area contributed by atoms with Gasteiger partial charge in [0, 0.05) is 12.6 Å². The first-order valence-electron chi connectivity index (χ1n) is 6.88. The van der Waals surface area contributed by atoms with Crippen LogP contribution in [0.5, 0.6) is 0 Å². The number of hydrogen-bond acceptors (Lipinski definition) is 4. The molecular weight excluding hydrogens is 240 g/mol. The maximum Gasteiger partial charge on any atom is 0.238 e. The van der Waals surface area contributed by atoms with Crippen molar-refractivity contribution in [3.05, 3.63) is 18.0 Å². The predicted octanol–water partition coefficient (Wildman–Crippen LogP) is 1.40. The quantitative estimate of drug-likeness (QED) is 0.861. The van der Waals surface area contributed by atoms with Crippen molar-refractivity contribution in [1.29, 1.82) is 0 Å². The third kappa shape index (κ3) is 2.56. The van der Waals surface area contributed by atoms with Crippen LogP contribution in [0.4, 0.5) is 11.4 Å². The van der Waals surface area contributed by atoms with E-state index in [0.29, 0.717) is 24.0 Å². The molecule has 102 valence electrons. The van der Waals surface area contributed by atoms with Gasteiger partial charge in [-0.3, -0.25) is 14.7 Å². The molecule has 2 fully saturated rings. The Kier molecular flexibility index (Phi) is 3.14. The molecule has 1 aromatic heterocycles. The highest BCUT2D eigenvalue weighted by molar-refractivity contribution is 5.92. The van der Waals surface area contributed by atoms with E-state index in [1.807, 2.05) is 6.92 Å². The van der Waals surface area contributed by atoms with Crippen LogP contribution in [0, 0.1) is 12.8 Å². The number of carbonyl (C=O) groups is 1. The van der Waals surface area contributed by atoms with E-state index in [1.54, 1.807) is 12.3 Å². The van der Waals surface area contributed by atoms with Crippen molar-refractivity contribution in [2.75, 3.05) is 24.1 Å². The Bertz CT molecular complexity index is 502. The molecule has 1 aromatic rings. The summed E-state index contributed by atoms with van der Waals surface area (Å²) < 4.78 is 0. The summed E-state index contributed by atoms with van der Waals surface area (Å²) in [6.45, 7) is 3.41.